The molecule has 3 aromatic rings. The van der Waals surface area contributed by atoms with Crippen LogP contribution in [-0.4, -0.2) is 17.0 Å². The van der Waals surface area contributed by atoms with E-state index in [1.54, 1.807) is 55.5 Å². The first kappa shape index (κ1) is 18.0. The van der Waals surface area contributed by atoms with E-state index < -0.39 is 0 Å². The van der Waals surface area contributed by atoms with Gasteiger partial charge in [-0.05, 0) is 49.4 Å². The summed E-state index contributed by atoms with van der Waals surface area (Å²) in [6, 6.07) is 12.5. The highest BCUT2D eigenvalue weighted by Gasteiger charge is 2.11. The average molecular weight is 390 g/mol. The molecular formula is C18H13Cl2N3O3. The van der Waals surface area contributed by atoms with Crippen LogP contribution in [0.2, 0.25) is 10.0 Å². The summed E-state index contributed by atoms with van der Waals surface area (Å²) in [6.45, 7) is 1.73. The van der Waals surface area contributed by atoms with Gasteiger partial charge in [0.05, 0.1) is 0 Å². The Hall–Kier alpha value is -2.83. The van der Waals surface area contributed by atoms with Gasteiger partial charge in [-0.25, -0.2) is 0 Å². The summed E-state index contributed by atoms with van der Waals surface area (Å²) in [5, 5.41) is 9.84. The molecule has 8 heteroatoms. The van der Waals surface area contributed by atoms with Gasteiger partial charge in [0.1, 0.15) is 5.76 Å². The van der Waals surface area contributed by atoms with Crippen molar-refractivity contribution in [3.63, 3.8) is 0 Å². The van der Waals surface area contributed by atoms with Gasteiger partial charge >= 0.3 is 0 Å². The van der Waals surface area contributed by atoms with E-state index in [0.717, 1.165) is 0 Å². The SMILES string of the molecule is Cc1cc(NC(=O)c2ccc(C(=O)Nc3cc(Cl)cc(Cl)c3)cc2)no1. The lowest BCUT2D eigenvalue weighted by atomic mass is 10.1. The highest BCUT2D eigenvalue weighted by molar-refractivity contribution is 6.35. The maximum absolute atomic E-state index is 12.3. The van der Waals surface area contributed by atoms with Crippen molar-refractivity contribution in [3.05, 3.63) is 75.5 Å². The molecule has 132 valence electrons. The zero-order valence-corrected chi connectivity index (χ0v) is 15.1. The predicted octanol–water partition coefficient (Wildman–Crippen LogP) is 4.79. The number of hydrogen-bond acceptors (Lipinski definition) is 4. The number of halogens is 2. The van der Waals surface area contributed by atoms with Crippen LogP contribution in [0.3, 0.4) is 0 Å². The van der Waals surface area contributed by atoms with Gasteiger partial charge in [-0.3, -0.25) is 9.59 Å². The summed E-state index contributed by atoms with van der Waals surface area (Å²) in [5.74, 6) is 0.217. The second-order valence-electron chi connectivity index (χ2n) is 5.47. The molecule has 0 unspecified atom stereocenters. The molecule has 1 aromatic heterocycles. The van der Waals surface area contributed by atoms with Gasteiger partial charge in [0.15, 0.2) is 5.82 Å². The van der Waals surface area contributed by atoms with Crippen molar-refractivity contribution in [2.45, 2.75) is 6.92 Å². The third-order valence-corrected chi connectivity index (χ3v) is 3.84. The fraction of sp³-hybridized carbons (Fsp3) is 0.0556. The summed E-state index contributed by atoms with van der Waals surface area (Å²) in [7, 11) is 0. The average Bonchev–Trinajstić information content (AvgIpc) is 2.99. The van der Waals surface area contributed by atoms with E-state index in [0.29, 0.717) is 38.4 Å². The molecule has 0 aliphatic rings. The summed E-state index contributed by atoms with van der Waals surface area (Å²) < 4.78 is 4.89. The van der Waals surface area contributed by atoms with Crippen molar-refractivity contribution in [1.82, 2.24) is 5.16 Å². The largest absolute Gasteiger partial charge is 0.360 e. The highest BCUT2D eigenvalue weighted by atomic mass is 35.5. The Morgan fingerprint density at radius 1 is 0.885 bits per heavy atom. The van der Waals surface area contributed by atoms with E-state index in [2.05, 4.69) is 15.8 Å². The maximum Gasteiger partial charge on any atom is 0.256 e. The molecule has 0 aliphatic carbocycles. The molecule has 0 radical (unpaired) electrons. The number of benzene rings is 2. The third-order valence-electron chi connectivity index (χ3n) is 3.40. The summed E-state index contributed by atoms with van der Waals surface area (Å²) in [4.78, 5) is 24.4. The zero-order valence-electron chi connectivity index (χ0n) is 13.5. The number of anilines is 2. The molecule has 0 bridgehead atoms. The van der Waals surface area contributed by atoms with E-state index in [9.17, 15) is 9.59 Å². The van der Waals surface area contributed by atoms with E-state index in [1.807, 2.05) is 0 Å². The van der Waals surface area contributed by atoms with E-state index in [4.69, 9.17) is 27.7 Å². The van der Waals surface area contributed by atoms with Crippen LogP contribution >= 0.6 is 23.2 Å². The Kier molecular flexibility index (Phi) is 5.25. The summed E-state index contributed by atoms with van der Waals surface area (Å²) in [5.41, 5.74) is 1.25. The molecule has 2 amide bonds. The fourth-order valence-corrected chi connectivity index (χ4v) is 2.74. The molecule has 0 fully saturated rings. The van der Waals surface area contributed by atoms with Crippen LogP contribution in [0.15, 0.2) is 53.1 Å². The van der Waals surface area contributed by atoms with Crippen LogP contribution in [0.5, 0.6) is 0 Å². The zero-order chi connectivity index (χ0) is 18.7. The topological polar surface area (TPSA) is 84.2 Å². The first-order valence-corrected chi connectivity index (χ1v) is 8.28. The lowest BCUT2D eigenvalue weighted by molar-refractivity contribution is 0.101. The lowest BCUT2D eigenvalue weighted by Gasteiger charge is -2.07. The number of nitrogens with one attached hydrogen (secondary N) is 2. The quantitative estimate of drug-likeness (QED) is 0.671. The van der Waals surface area contributed by atoms with Gasteiger partial charge in [-0.15, -0.1) is 0 Å². The smallest absolute Gasteiger partial charge is 0.256 e. The molecular weight excluding hydrogens is 377 g/mol. The second-order valence-corrected chi connectivity index (χ2v) is 6.34. The minimum Gasteiger partial charge on any atom is -0.360 e. The van der Waals surface area contributed by atoms with Gasteiger partial charge in [-0.2, -0.15) is 0 Å². The Morgan fingerprint density at radius 2 is 1.42 bits per heavy atom. The van der Waals surface area contributed by atoms with Gasteiger partial charge in [0.2, 0.25) is 0 Å². The van der Waals surface area contributed by atoms with Crippen molar-refractivity contribution in [2.24, 2.45) is 0 Å². The summed E-state index contributed by atoms with van der Waals surface area (Å²) in [6.07, 6.45) is 0. The number of carbonyl (C=O) groups excluding carboxylic acids is 2. The van der Waals surface area contributed by atoms with Crippen molar-refractivity contribution < 1.29 is 14.1 Å². The molecule has 0 aliphatic heterocycles. The first-order chi connectivity index (χ1) is 12.4. The van der Waals surface area contributed by atoms with Crippen LogP contribution in [0, 0.1) is 6.92 Å². The molecule has 0 spiro atoms. The molecule has 2 aromatic carbocycles. The number of aryl methyl sites for hydroxylation is 1. The van der Waals surface area contributed by atoms with Crippen molar-refractivity contribution in [3.8, 4) is 0 Å². The molecule has 1 heterocycles. The van der Waals surface area contributed by atoms with Crippen LogP contribution in [0.25, 0.3) is 0 Å². The number of amides is 2. The molecule has 2 N–H and O–H groups in total. The Labute approximate surface area is 159 Å². The molecule has 3 rings (SSSR count). The normalized spacial score (nSPS) is 10.4. The van der Waals surface area contributed by atoms with Crippen molar-refractivity contribution in [2.75, 3.05) is 10.6 Å². The Balaban J connectivity index is 1.68. The molecule has 26 heavy (non-hydrogen) atoms. The minimum absolute atomic E-state index is 0.326. The number of hydrogen-bond donors (Lipinski definition) is 2. The van der Waals surface area contributed by atoms with Gasteiger partial charge < -0.3 is 15.2 Å². The number of carbonyl (C=O) groups is 2. The van der Waals surface area contributed by atoms with Gasteiger partial charge in [0.25, 0.3) is 11.8 Å². The van der Waals surface area contributed by atoms with Crippen LogP contribution < -0.4 is 10.6 Å². The monoisotopic (exact) mass is 389 g/mol. The van der Waals surface area contributed by atoms with Crippen molar-refractivity contribution >= 4 is 46.5 Å². The lowest BCUT2D eigenvalue weighted by Crippen LogP contribution is -2.14. The van der Waals surface area contributed by atoms with Gasteiger partial charge in [0, 0.05) is 32.9 Å². The minimum atomic E-state index is -0.355. The van der Waals surface area contributed by atoms with Crippen LogP contribution in [0.1, 0.15) is 26.5 Å². The van der Waals surface area contributed by atoms with E-state index in [-0.39, 0.29) is 11.8 Å². The van der Waals surface area contributed by atoms with Crippen molar-refractivity contribution in [1.29, 1.82) is 0 Å². The number of rotatable bonds is 4. The van der Waals surface area contributed by atoms with Crippen LogP contribution in [0.4, 0.5) is 11.5 Å². The maximum atomic E-state index is 12.3. The second kappa shape index (κ2) is 7.59. The number of aromatic nitrogens is 1. The van der Waals surface area contributed by atoms with E-state index >= 15 is 0 Å². The number of nitrogens with zero attached hydrogens (tertiary/aromatic N) is 1. The van der Waals surface area contributed by atoms with Crippen LogP contribution in [-0.2, 0) is 0 Å². The molecule has 0 saturated heterocycles. The summed E-state index contributed by atoms with van der Waals surface area (Å²) >= 11 is 11.8. The first-order valence-electron chi connectivity index (χ1n) is 7.53. The molecule has 0 atom stereocenters. The Bertz CT molecular complexity index is 948. The van der Waals surface area contributed by atoms with E-state index in [1.165, 1.54) is 0 Å². The highest BCUT2D eigenvalue weighted by Crippen LogP contribution is 2.23. The Morgan fingerprint density at radius 3 is 1.92 bits per heavy atom. The molecule has 0 saturated carbocycles. The van der Waals surface area contributed by atoms with Gasteiger partial charge in [-0.1, -0.05) is 28.4 Å². The fourth-order valence-electron chi connectivity index (χ4n) is 2.22. The predicted molar refractivity (Wildman–Crippen MR) is 100 cm³/mol. The molecule has 6 nitrogen and oxygen atoms in total. The third kappa shape index (κ3) is 4.41. The standard InChI is InChI=1S/C18H13Cl2N3O3/c1-10-6-16(23-26-10)22-18(25)12-4-2-11(3-5-12)17(24)21-15-8-13(19)7-14(20)9-15/h2-9H,1H3,(H,21,24)(H,22,23,25).